The van der Waals surface area contributed by atoms with E-state index in [-0.39, 0.29) is 17.8 Å². The maximum atomic E-state index is 12.7. The van der Waals surface area contributed by atoms with Crippen LogP contribution in [-0.4, -0.2) is 43.1 Å². The molecule has 0 bridgehead atoms. The number of hydrogen-bond acceptors (Lipinski definition) is 4. The summed E-state index contributed by atoms with van der Waals surface area (Å²) in [7, 11) is 1.41. The number of methoxy groups -OCH3 is 1. The smallest absolute Gasteiger partial charge is 0.308 e. The van der Waals surface area contributed by atoms with Crippen molar-refractivity contribution < 1.29 is 19.1 Å². The number of likely N-dealkylation sites (tertiary alicyclic amines) is 1. The van der Waals surface area contributed by atoms with Gasteiger partial charge in [-0.05, 0) is 56.4 Å². The summed E-state index contributed by atoms with van der Waals surface area (Å²) in [6.07, 6.45) is 1.43. The lowest BCUT2D eigenvalue weighted by Gasteiger charge is -2.33. The van der Waals surface area contributed by atoms with E-state index in [1.54, 1.807) is 4.90 Å². The van der Waals surface area contributed by atoms with Crippen LogP contribution in [0.4, 0.5) is 0 Å². The van der Waals surface area contributed by atoms with E-state index in [0.29, 0.717) is 32.4 Å². The lowest BCUT2D eigenvalue weighted by molar-refractivity contribution is -0.150. The molecule has 0 radical (unpaired) electrons. The summed E-state index contributed by atoms with van der Waals surface area (Å²) in [5, 5.41) is 0. The molecule has 0 spiro atoms. The van der Waals surface area contributed by atoms with Crippen molar-refractivity contribution in [2.45, 2.75) is 46.1 Å². The van der Waals surface area contributed by atoms with Crippen LogP contribution in [0.2, 0.25) is 0 Å². The van der Waals surface area contributed by atoms with Crippen molar-refractivity contribution in [3.05, 3.63) is 29.3 Å². The second-order valence-corrected chi connectivity index (χ2v) is 6.38. The molecule has 1 fully saturated rings. The Morgan fingerprint density at radius 2 is 1.88 bits per heavy atom. The first-order chi connectivity index (χ1) is 11.5. The van der Waals surface area contributed by atoms with Gasteiger partial charge in [-0.25, -0.2) is 0 Å². The van der Waals surface area contributed by atoms with Crippen LogP contribution in [0.25, 0.3) is 0 Å². The molecule has 1 heterocycles. The molecule has 1 aliphatic rings. The standard InChI is InChI=1S/C19H27NO4/c1-5-17(24-16-7-6-13(2)14(3)12-16)18(21)20-10-8-15(9-11-20)19(22)23-4/h6-7,12,15,17H,5,8-11H2,1-4H3/t17-/m0/s1. The van der Waals surface area contributed by atoms with Crippen molar-refractivity contribution in [3.8, 4) is 5.75 Å². The van der Waals surface area contributed by atoms with Crippen LogP contribution in [0.15, 0.2) is 18.2 Å². The average Bonchev–Trinajstić information content (AvgIpc) is 2.61. The number of aryl methyl sites for hydroxylation is 2. The number of carbonyl (C=O) groups excluding carboxylic acids is 2. The third-order valence-corrected chi connectivity index (χ3v) is 4.74. The van der Waals surface area contributed by atoms with Crippen LogP contribution in [0.3, 0.4) is 0 Å². The van der Waals surface area contributed by atoms with Crippen molar-refractivity contribution in [2.75, 3.05) is 20.2 Å². The molecule has 1 aliphatic heterocycles. The zero-order valence-corrected chi connectivity index (χ0v) is 15.0. The highest BCUT2D eigenvalue weighted by molar-refractivity contribution is 5.81. The van der Waals surface area contributed by atoms with Crippen molar-refractivity contribution in [3.63, 3.8) is 0 Å². The van der Waals surface area contributed by atoms with Crippen molar-refractivity contribution in [2.24, 2.45) is 5.92 Å². The van der Waals surface area contributed by atoms with Crippen LogP contribution in [-0.2, 0) is 14.3 Å². The Hall–Kier alpha value is -2.04. The Kier molecular flexibility index (Phi) is 6.23. The quantitative estimate of drug-likeness (QED) is 0.778. The van der Waals surface area contributed by atoms with Crippen molar-refractivity contribution in [1.29, 1.82) is 0 Å². The Morgan fingerprint density at radius 3 is 2.42 bits per heavy atom. The van der Waals surface area contributed by atoms with Gasteiger partial charge in [-0.1, -0.05) is 13.0 Å². The van der Waals surface area contributed by atoms with Gasteiger partial charge in [0.05, 0.1) is 13.0 Å². The summed E-state index contributed by atoms with van der Waals surface area (Å²) < 4.78 is 10.7. The second kappa shape index (κ2) is 8.18. The molecular formula is C19H27NO4. The topological polar surface area (TPSA) is 55.8 Å². The van der Waals surface area contributed by atoms with E-state index in [9.17, 15) is 9.59 Å². The van der Waals surface area contributed by atoms with E-state index in [2.05, 4.69) is 0 Å². The minimum atomic E-state index is -0.484. The fourth-order valence-corrected chi connectivity index (χ4v) is 2.97. The second-order valence-electron chi connectivity index (χ2n) is 6.38. The zero-order chi connectivity index (χ0) is 17.7. The predicted molar refractivity (Wildman–Crippen MR) is 91.9 cm³/mol. The molecule has 2 rings (SSSR count). The molecule has 1 aromatic carbocycles. The Morgan fingerprint density at radius 1 is 1.21 bits per heavy atom. The fraction of sp³-hybridized carbons (Fsp3) is 0.579. The average molecular weight is 333 g/mol. The van der Waals surface area contributed by atoms with E-state index in [1.807, 2.05) is 39.0 Å². The van der Waals surface area contributed by atoms with Crippen LogP contribution in [0.5, 0.6) is 5.75 Å². The number of esters is 1. The SMILES string of the molecule is CC[C@H](Oc1ccc(C)c(C)c1)C(=O)N1CCC(C(=O)OC)CC1. The number of ether oxygens (including phenoxy) is 2. The van der Waals surface area contributed by atoms with E-state index >= 15 is 0 Å². The highest BCUT2D eigenvalue weighted by Gasteiger charge is 2.31. The third-order valence-electron chi connectivity index (χ3n) is 4.74. The van der Waals surface area contributed by atoms with E-state index in [1.165, 1.54) is 12.7 Å². The highest BCUT2D eigenvalue weighted by atomic mass is 16.5. The molecule has 0 saturated carbocycles. The lowest BCUT2D eigenvalue weighted by Crippen LogP contribution is -2.46. The molecule has 1 aromatic rings. The lowest BCUT2D eigenvalue weighted by atomic mass is 9.96. The molecular weight excluding hydrogens is 306 g/mol. The van der Waals surface area contributed by atoms with Crippen LogP contribution < -0.4 is 4.74 Å². The van der Waals surface area contributed by atoms with Gasteiger partial charge >= 0.3 is 5.97 Å². The van der Waals surface area contributed by atoms with E-state index < -0.39 is 6.10 Å². The minimum Gasteiger partial charge on any atom is -0.481 e. The molecule has 0 unspecified atom stereocenters. The number of amides is 1. The number of hydrogen-bond donors (Lipinski definition) is 0. The molecule has 0 aromatic heterocycles. The van der Waals surface area contributed by atoms with Gasteiger partial charge in [-0.15, -0.1) is 0 Å². The summed E-state index contributed by atoms with van der Waals surface area (Å²) in [5.41, 5.74) is 2.35. The first-order valence-electron chi connectivity index (χ1n) is 8.56. The summed E-state index contributed by atoms with van der Waals surface area (Å²) in [5.74, 6) is 0.446. The number of benzene rings is 1. The third kappa shape index (κ3) is 4.28. The van der Waals surface area contributed by atoms with Crippen molar-refractivity contribution in [1.82, 2.24) is 4.90 Å². The zero-order valence-electron chi connectivity index (χ0n) is 15.0. The molecule has 0 aliphatic carbocycles. The number of carbonyl (C=O) groups is 2. The Labute approximate surface area is 143 Å². The first-order valence-corrected chi connectivity index (χ1v) is 8.56. The molecule has 0 N–H and O–H groups in total. The first kappa shape index (κ1) is 18.3. The summed E-state index contributed by atoms with van der Waals surface area (Å²) in [4.78, 5) is 26.1. The summed E-state index contributed by atoms with van der Waals surface area (Å²) in [6, 6.07) is 5.88. The fourth-order valence-electron chi connectivity index (χ4n) is 2.97. The van der Waals surface area contributed by atoms with Gasteiger partial charge in [-0.3, -0.25) is 9.59 Å². The van der Waals surface area contributed by atoms with Gasteiger partial charge in [0, 0.05) is 13.1 Å². The molecule has 24 heavy (non-hydrogen) atoms. The number of piperidine rings is 1. The molecule has 5 nitrogen and oxygen atoms in total. The molecule has 132 valence electrons. The van der Waals surface area contributed by atoms with Gasteiger partial charge < -0.3 is 14.4 Å². The largest absolute Gasteiger partial charge is 0.481 e. The van der Waals surface area contributed by atoms with E-state index in [4.69, 9.17) is 9.47 Å². The predicted octanol–water partition coefficient (Wildman–Crippen LogP) is 2.87. The van der Waals surface area contributed by atoms with Crippen LogP contribution in [0, 0.1) is 19.8 Å². The van der Waals surface area contributed by atoms with Gasteiger partial charge in [-0.2, -0.15) is 0 Å². The van der Waals surface area contributed by atoms with Gasteiger partial charge in [0.2, 0.25) is 0 Å². The van der Waals surface area contributed by atoms with Crippen LogP contribution in [0.1, 0.15) is 37.3 Å². The molecule has 1 saturated heterocycles. The van der Waals surface area contributed by atoms with Crippen LogP contribution >= 0.6 is 0 Å². The minimum absolute atomic E-state index is 0.000885. The Bertz CT molecular complexity index is 591. The maximum absolute atomic E-state index is 12.7. The normalized spacial score (nSPS) is 16.6. The monoisotopic (exact) mass is 333 g/mol. The molecule has 1 amide bonds. The number of rotatable bonds is 5. The Balaban J connectivity index is 1.96. The molecule has 5 heteroatoms. The summed E-state index contributed by atoms with van der Waals surface area (Å²) in [6.45, 7) is 7.18. The highest BCUT2D eigenvalue weighted by Crippen LogP contribution is 2.22. The maximum Gasteiger partial charge on any atom is 0.308 e. The van der Waals surface area contributed by atoms with Crippen molar-refractivity contribution >= 4 is 11.9 Å². The van der Waals surface area contributed by atoms with Gasteiger partial charge in [0.15, 0.2) is 6.10 Å². The molecule has 1 atom stereocenters. The van der Waals surface area contributed by atoms with Gasteiger partial charge in [0.25, 0.3) is 5.91 Å². The van der Waals surface area contributed by atoms with E-state index in [0.717, 1.165) is 11.3 Å². The summed E-state index contributed by atoms with van der Waals surface area (Å²) >= 11 is 0. The van der Waals surface area contributed by atoms with Gasteiger partial charge in [0.1, 0.15) is 5.75 Å². The number of nitrogens with zero attached hydrogens (tertiary/aromatic N) is 1.